The average molecular weight is 383 g/mol. The van der Waals surface area contributed by atoms with Crippen molar-refractivity contribution in [1.29, 1.82) is 0 Å². The van der Waals surface area contributed by atoms with Gasteiger partial charge >= 0.3 is 5.97 Å². The van der Waals surface area contributed by atoms with Gasteiger partial charge in [0.15, 0.2) is 0 Å². The van der Waals surface area contributed by atoms with Gasteiger partial charge in [-0.2, -0.15) is 4.31 Å². The van der Waals surface area contributed by atoms with E-state index in [0.717, 1.165) is 12.8 Å². The monoisotopic (exact) mass is 382 g/mol. The second kappa shape index (κ2) is 8.30. The molecule has 6 nitrogen and oxygen atoms in total. The number of nitrogens with zero attached hydrogens (tertiary/aromatic N) is 1. The fourth-order valence-electron chi connectivity index (χ4n) is 2.47. The van der Waals surface area contributed by atoms with Gasteiger partial charge in [-0.15, -0.1) is 12.4 Å². The van der Waals surface area contributed by atoms with Crippen LogP contribution in [0.15, 0.2) is 23.1 Å². The summed E-state index contributed by atoms with van der Waals surface area (Å²) in [6.07, 6.45) is 1.51. The third-order valence-electron chi connectivity index (χ3n) is 3.89. The van der Waals surface area contributed by atoms with Crippen molar-refractivity contribution in [2.24, 2.45) is 11.7 Å². The molecule has 9 heteroatoms. The van der Waals surface area contributed by atoms with Crippen LogP contribution < -0.4 is 5.73 Å². The Morgan fingerprint density at radius 2 is 2.00 bits per heavy atom. The number of sulfonamides is 1. The summed E-state index contributed by atoms with van der Waals surface area (Å²) in [5.41, 5.74) is 5.76. The Morgan fingerprint density at radius 1 is 1.39 bits per heavy atom. The zero-order valence-corrected chi connectivity index (χ0v) is 15.1. The number of piperidine rings is 1. The molecule has 1 aromatic rings. The van der Waals surface area contributed by atoms with E-state index in [1.807, 2.05) is 0 Å². The molecule has 0 amide bonds. The van der Waals surface area contributed by atoms with Gasteiger partial charge in [0.1, 0.15) is 0 Å². The number of methoxy groups -OCH3 is 1. The number of carbonyl (C=O) groups excluding carboxylic acids is 1. The molecule has 1 aliphatic heterocycles. The summed E-state index contributed by atoms with van der Waals surface area (Å²) in [6, 6.07) is 4.04. The van der Waals surface area contributed by atoms with E-state index in [0.29, 0.717) is 25.6 Å². The summed E-state index contributed by atoms with van der Waals surface area (Å²) in [6.45, 7) is 1.47. The minimum Gasteiger partial charge on any atom is -0.465 e. The minimum atomic E-state index is -3.61. The zero-order chi connectivity index (χ0) is 16.3. The van der Waals surface area contributed by atoms with Crippen molar-refractivity contribution in [1.82, 2.24) is 4.31 Å². The van der Waals surface area contributed by atoms with Crippen LogP contribution in [0.5, 0.6) is 0 Å². The van der Waals surface area contributed by atoms with E-state index in [-0.39, 0.29) is 27.9 Å². The number of benzene rings is 1. The van der Waals surface area contributed by atoms with Crippen molar-refractivity contribution in [2.75, 3.05) is 26.7 Å². The molecule has 0 bridgehead atoms. The van der Waals surface area contributed by atoms with E-state index in [1.165, 1.54) is 29.6 Å². The van der Waals surface area contributed by atoms with Gasteiger partial charge in [-0.25, -0.2) is 13.2 Å². The summed E-state index contributed by atoms with van der Waals surface area (Å²) < 4.78 is 31.2. The molecule has 0 saturated carbocycles. The summed E-state index contributed by atoms with van der Waals surface area (Å²) in [4.78, 5) is 11.6. The van der Waals surface area contributed by atoms with Crippen molar-refractivity contribution in [3.05, 3.63) is 28.8 Å². The number of hydrogen-bond donors (Lipinski definition) is 1. The number of hydrogen-bond acceptors (Lipinski definition) is 5. The smallest absolute Gasteiger partial charge is 0.339 e. The van der Waals surface area contributed by atoms with E-state index >= 15 is 0 Å². The van der Waals surface area contributed by atoms with E-state index in [2.05, 4.69) is 4.74 Å². The predicted molar refractivity (Wildman–Crippen MR) is 90.6 cm³/mol. The van der Waals surface area contributed by atoms with Gasteiger partial charge in [-0.3, -0.25) is 0 Å². The van der Waals surface area contributed by atoms with Gasteiger partial charge < -0.3 is 10.5 Å². The van der Waals surface area contributed by atoms with Gasteiger partial charge in [0, 0.05) is 13.1 Å². The van der Waals surface area contributed by atoms with E-state index < -0.39 is 16.0 Å². The lowest BCUT2D eigenvalue weighted by atomic mass is 9.99. The van der Waals surface area contributed by atoms with Crippen LogP contribution in [-0.2, 0) is 14.8 Å². The fraction of sp³-hybridized carbons (Fsp3) is 0.500. The maximum Gasteiger partial charge on any atom is 0.339 e. The number of rotatable bonds is 4. The fourth-order valence-corrected chi connectivity index (χ4v) is 4.29. The van der Waals surface area contributed by atoms with Crippen LogP contribution in [0.2, 0.25) is 5.02 Å². The Hall–Kier alpha value is -0.860. The Bertz CT molecular complexity index is 659. The molecule has 23 heavy (non-hydrogen) atoms. The van der Waals surface area contributed by atoms with E-state index in [4.69, 9.17) is 17.3 Å². The molecule has 0 aliphatic carbocycles. The third kappa shape index (κ3) is 4.36. The molecular formula is C14H20Cl2N2O4S. The Balaban J connectivity index is 0.00000264. The number of ether oxygens (including phenoxy) is 1. The van der Waals surface area contributed by atoms with Gasteiger partial charge in [0.2, 0.25) is 10.0 Å². The third-order valence-corrected chi connectivity index (χ3v) is 6.10. The van der Waals surface area contributed by atoms with Crippen LogP contribution in [0.1, 0.15) is 23.2 Å². The summed E-state index contributed by atoms with van der Waals surface area (Å²) >= 11 is 5.99. The molecule has 1 saturated heterocycles. The minimum absolute atomic E-state index is 0. The van der Waals surface area contributed by atoms with Crippen molar-refractivity contribution in [3.8, 4) is 0 Å². The van der Waals surface area contributed by atoms with Gasteiger partial charge in [0.05, 0.1) is 22.6 Å². The zero-order valence-electron chi connectivity index (χ0n) is 12.7. The van der Waals surface area contributed by atoms with Crippen molar-refractivity contribution in [3.63, 3.8) is 0 Å². The highest BCUT2D eigenvalue weighted by Crippen LogP contribution is 2.27. The molecule has 1 heterocycles. The molecule has 0 atom stereocenters. The first-order valence-corrected chi connectivity index (χ1v) is 8.80. The van der Waals surface area contributed by atoms with Crippen LogP contribution in [0.25, 0.3) is 0 Å². The maximum absolute atomic E-state index is 12.6. The molecule has 2 rings (SSSR count). The molecule has 0 radical (unpaired) electrons. The molecule has 130 valence electrons. The van der Waals surface area contributed by atoms with E-state index in [1.54, 1.807) is 0 Å². The van der Waals surface area contributed by atoms with Crippen molar-refractivity contribution < 1.29 is 17.9 Å². The van der Waals surface area contributed by atoms with E-state index in [9.17, 15) is 13.2 Å². The van der Waals surface area contributed by atoms with Crippen LogP contribution in [0.3, 0.4) is 0 Å². The summed E-state index contributed by atoms with van der Waals surface area (Å²) in [5, 5.41) is 0.0600. The van der Waals surface area contributed by atoms with Crippen LogP contribution in [0.4, 0.5) is 0 Å². The van der Waals surface area contributed by atoms with Gasteiger partial charge in [-0.05, 0) is 43.5 Å². The maximum atomic E-state index is 12.6. The summed E-state index contributed by atoms with van der Waals surface area (Å²) in [5.74, 6) is -0.227. The lowest BCUT2D eigenvalue weighted by Crippen LogP contribution is -2.40. The molecule has 1 aliphatic rings. The number of esters is 1. The quantitative estimate of drug-likeness (QED) is 0.803. The normalized spacial score (nSPS) is 16.7. The molecular weight excluding hydrogens is 363 g/mol. The van der Waals surface area contributed by atoms with Gasteiger partial charge in [0.25, 0.3) is 0 Å². The largest absolute Gasteiger partial charge is 0.465 e. The topological polar surface area (TPSA) is 89.7 Å². The highest BCUT2D eigenvalue weighted by Gasteiger charge is 2.29. The number of halogens is 2. The average Bonchev–Trinajstić information content (AvgIpc) is 2.54. The predicted octanol–water partition coefficient (Wildman–Crippen LogP) is 1.91. The first kappa shape index (κ1) is 20.2. The number of carbonyl (C=O) groups is 1. The Kier molecular flexibility index (Phi) is 7.29. The van der Waals surface area contributed by atoms with Crippen LogP contribution >= 0.6 is 24.0 Å². The van der Waals surface area contributed by atoms with Crippen LogP contribution in [0, 0.1) is 5.92 Å². The molecule has 0 spiro atoms. The lowest BCUT2D eigenvalue weighted by Gasteiger charge is -2.30. The second-order valence-electron chi connectivity index (χ2n) is 5.22. The molecule has 0 unspecified atom stereocenters. The molecule has 2 N–H and O–H groups in total. The van der Waals surface area contributed by atoms with Crippen LogP contribution in [-0.4, -0.2) is 45.4 Å². The first-order valence-electron chi connectivity index (χ1n) is 6.98. The Morgan fingerprint density at radius 3 is 2.48 bits per heavy atom. The van der Waals surface area contributed by atoms with Crippen molar-refractivity contribution in [2.45, 2.75) is 17.7 Å². The molecule has 1 fully saturated rings. The number of nitrogens with two attached hydrogens (primary N) is 1. The second-order valence-corrected chi connectivity index (χ2v) is 7.56. The summed E-state index contributed by atoms with van der Waals surface area (Å²) in [7, 11) is -2.37. The lowest BCUT2D eigenvalue weighted by molar-refractivity contribution is 0.0601. The highest BCUT2D eigenvalue weighted by atomic mass is 35.5. The van der Waals surface area contributed by atoms with Crippen molar-refractivity contribution >= 4 is 40.0 Å². The Labute approximate surface area is 147 Å². The highest BCUT2D eigenvalue weighted by molar-refractivity contribution is 7.89. The first-order chi connectivity index (χ1) is 10.4. The van der Waals surface area contributed by atoms with Gasteiger partial charge in [-0.1, -0.05) is 11.6 Å². The SMILES string of the molecule is COC(=O)c1ccc(S(=O)(=O)N2CCC(CN)CC2)cc1Cl.Cl. The molecule has 0 aromatic heterocycles. The standard InChI is InChI=1S/C14H19ClN2O4S.ClH/c1-21-14(18)12-3-2-11(8-13(12)15)22(19,20)17-6-4-10(9-16)5-7-17;/h2-3,8,10H,4-7,9,16H2,1H3;1H. The molecule has 1 aromatic carbocycles.